The first-order valence-electron chi connectivity index (χ1n) is 7.14. The molecular weight excluding hydrogens is 276 g/mol. The zero-order valence-electron chi connectivity index (χ0n) is 12.1. The number of hydrogen-bond donors (Lipinski definition) is 1. The van der Waals surface area contributed by atoms with Gasteiger partial charge < -0.3 is 10.0 Å². The number of aliphatic carboxylic acids is 1. The minimum atomic E-state index is -0.833. The fraction of sp³-hybridized carbons (Fsp3) is 0.769. The summed E-state index contributed by atoms with van der Waals surface area (Å²) < 4.78 is 1.92. The Hall–Kier alpha value is -1.24. The molecule has 1 unspecified atom stereocenters. The van der Waals surface area contributed by atoms with Gasteiger partial charge in [-0.1, -0.05) is 31.5 Å². The maximum absolute atomic E-state index is 10.6. The number of thioether (sulfide) groups is 1. The van der Waals surface area contributed by atoms with Gasteiger partial charge in [-0.25, -0.2) is 0 Å². The summed E-state index contributed by atoms with van der Waals surface area (Å²) in [7, 11) is 1.91. The molecule has 0 spiro atoms. The van der Waals surface area contributed by atoms with E-state index in [4.69, 9.17) is 5.11 Å². The topological polar surface area (TPSA) is 71.2 Å². The first-order chi connectivity index (χ1) is 9.63. The predicted molar refractivity (Wildman–Crippen MR) is 79.3 cm³/mol. The van der Waals surface area contributed by atoms with Crippen LogP contribution in [0.2, 0.25) is 0 Å². The van der Waals surface area contributed by atoms with Crippen molar-refractivity contribution in [2.75, 3.05) is 17.2 Å². The molecule has 2 rings (SSSR count). The molecule has 1 N–H and O–H groups in total. The van der Waals surface area contributed by atoms with Crippen molar-refractivity contribution in [1.82, 2.24) is 14.8 Å². The van der Waals surface area contributed by atoms with E-state index in [1.165, 1.54) is 37.4 Å². The van der Waals surface area contributed by atoms with Gasteiger partial charge in [0.25, 0.3) is 0 Å². The number of nitrogens with zero attached hydrogens (tertiary/aromatic N) is 4. The predicted octanol–water partition coefficient (Wildman–Crippen LogP) is 2.15. The van der Waals surface area contributed by atoms with Crippen molar-refractivity contribution < 1.29 is 9.90 Å². The Labute approximate surface area is 123 Å². The fourth-order valence-electron chi connectivity index (χ4n) is 2.67. The molecular formula is C13H22N4O2S. The highest BCUT2D eigenvalue weighted by Crippen LogP contribution is 2.26. The molecule has 1 aromatic rings. The third-order valence-electron chi connectivity index (χ3n) is 3.74. The van der Waals surface area contributed by atoms with E-state index in [2.05, 4.69) is 22.0 Å². The van der Waals surface area contributed by atoms with Crippen LogP contribution in [0.1, 0.15) is 39.0 Å². The molecule has 1 atom stereocenters. The molecule has 112 valence electrons. The van der Waals surface area contributed by atoms with E-state index in [0.717, 1.165) is 18.9 Å². The van der Waals surface area contributed by atoms with Crippen LogP contribution in [-0.4, -0.2) is 44.2 Å². The fourth-order valence-corrected chi connectivity index (χ4v) is 3.30. The highest BCUT2D eigenvalue weighted by molar-refractivity contribution is 7.99. The van der Waals surface area contributed by atoms with Crippen LogP contribution in [0.3, 0.4) is 0 Å². The average molecular weight is 298 g/mol. The van der Waals surface area contributed by atoms with E-state index < -0.39 is 5.97 Å². The van der Waals surface area contributed by atoms with E-state index in [-0.39, 0.29) is 5.75 Å². The summed E-state index contributed by atoms with van der Waals surface area (Å²) >= 11 is 1.22. The maximum atomic E-state index is 10.6. The van der Waals surface area contributed by atoms with E-state index in [1.54, 1.807) is 0 Å². The van der Waals surface area contributed by atoms with Crippen molar-refractivity contribution in [2.45, 2.75) is 50.2 Å². The van der Waals surface area contributed by atoms with Gasteiger partial charge in [-0.05, 0) is 19.3 Å². The summed E-state index contributed by atoms with van der Waals surface area (Å²) in [5.41, 5.74) is 0. The number of hydrogen-bond acceptors (Lipinski definition) is 5. The van der Waals surface area contributed by atoms with Crippen molar-refractivity contribution in [1.29, 1.82) is 0 Å². The van der Waals surface area contributed by atoms with Crippen LogP contribution in [0.25, 0.3) is 0 Å². The van der Waals surface area contributed by atoms with Crippen LogP contribution in [0.5, 0.6) is 0 Å². The molecule has 20 heavy (non-hydrogen) atoms. The van der Waals surface area contributed by atoms with Gasteiger partial charge in [-0.15, -0.1) is 10.2 Å². The van der Waals surface area contributed by atoms with Crippen LogP contribution in [0.15, 0.2) is 5.16 Å². The highest BCUT2D eigenvalue weighted by Gasteiger charge is 2.24. The van der Waals surface area contributed by atoms with E-state index in [1.807, 2.05) is 11.6 Å². The van der Waals surface area contributed by atoms with Gasteiger partial charge in [0.15, 0.2) is 5.16 Å². The van der Waals surface area contributed by atoms with E-state index in [9.17, 15) is 4.79 Å². The molecule has 0 amide bonds. The molecule has 0 bridgehead atoms. The standard InChI is InChI=1S/C13H22N4O2S/c1-3-10-7-5-4-6-8-17(10)12-14-15-13(16(12)2)20-9-11(18)19/h10H,3-9H2,1-2H3,(H,18,19). The normalized spacial score (nSPS) is 19.9. The number of rotatable bonds is 5. The van der Waals surface area contributed by atoms with Gasteiger partial charge in [-0.3, -0.25) is 9.36 Å². The van der Waals surface area contributed by atoms with Crippen LogP contribution in [0, 0.1) is 0 Å². The number of carboxylic acid groups (broad SMARTS) is 1. The van der Waals surface area contributed by atoms with Crippen molar-refractivity contribution in [3.63, 3.8) is 0 Å². The molecule has 7 heteroatoms. The second-order valence-electron chi connectivity index (χ2n) is 5.13. The zero-order chi connectivity index (χ0) is 14.5. The Balaban J connectivity index is 2.16. The smallest absolute Gasteiger partial charge is 0.313 e. The monoisotopic (exact) mass is 298 g/mol. The van der Waals surface area contributed by atoms with E-state index >= 15 is 0 Å². The summed E-state index contributed by atoms with van der Waals surface area (Å²) in [6.07, 6.45) is 6.02. The maximum Gasteiger partial charge on any atom is 0.313 e. The second kappa shape index (κ2) is 6.97. The summed E-state index contributed by atoms with van der Waals surface area (Å²) in [6, 6.07) is 0.512. The minimum absolute atomic E-state index is 0.0170. The number of carbonyl (C=O) groups is 1. The Kier molecular flexibility index (Phi) is 5.28. The third-order valence-corrected chi connectivity index (χ3v) is 4.75. The van der Waals surface area contributed by atoms with Gasteiger partial charge in [0.1, 0.15) is 0 Å². The Morgan fingerprint density at radius 3 is 2.90 bits per heavy atom. The lowest BCUT2D eigenvalue weighted by molar-refractivity contribution is -0.133. The van der Waals surface area contributed by atoms with Gasteiger partial charge in [0, 0.05) is 19.6 Å². The Morgan fingerprint density at radius 2 is 2.20 bits per heavy atom. The van der Waals surface area contributed by atoms with Gasteiger partial charge >= 0.3 is 5.97 Å². The molecule has 0 saturated carbocycles. The number of aromatic nitrogens is 3. The van der Waals surface area contributed by atoms with Crippen LogP contribution >= 0.6 is 11.8 Å². The van der Waals surface area contributed by atoms with Crippen molar-refractivity contribution in [2.24, 2.45) is 7.05 Å². The lowest BCUT2D eigenvalue weighted by Crippen LogP contribution is -2.36. The number of anilines is 1. The second-order valence-corrected chi connectivity index (χ2v) is 6.07. The molecule has 0 radical (unpaired) electrons. The molecule has 0 aromatic carbocycles. The van der Waals surface area contributed by atoms with Crippen LogP contribution < -0.4 is 4.90 Å². The first-order valence-corrected chi connectivity index (χ1v) is 8.12. The molecule has 1 aliphatic rings. The van der Waals surface area contributed by atoms with E-state index in [0.29, 0.717) is 11.2 Å². The average Bonchev–Trinajstić information content (AvgIpc) is 2.64. The Bertz CT molecular complexity index is 463. The SMILES string of the molecule is CCC1CCCCCN1c1nnc(SCC(=O)O)n1C. The van der Waals surface area contributed by atoms with Gasteiger partial charge in [-0.2, -0.15) is 0 Å². The summed E-state index contributed by atoms with van der Waals surface area (Å²) in [5.74, 6) is 0.0517. The van der Waals surface area contributed by atoms with Crippen molar-refractivity contribution >= 4 is 23.7 Å². The third kappa shape index (κ3) is 3.45. The molecule has 1 saturated heterocycles. The zero-order valence-corrected chi connectivity index (χ0v) is 12.9. The lowest BCUT2D eigenvalue weighted by atomic mass is 10.1. The molecule has 2 heterocycles. The molecule has 1 fully saturated rings. The molecule has 6 nitrogen and oxygen atoms in total. The summed E-state index contributed by atoms with van der Waals surface area (Å²) in [6.45, 7) is 3.22. The number of carboxylic acids is 1. The summed E-state index contributed by atoms with van der Waals surface area (Å²) in [4.78, 5) is 13.0. The quantitative estimate of drug-likeness (QED) is 0.840. The van der Waals surface area contributed by atoms with Gasteiger partial charge in [0.2, 0.25) is 5.95 Å². The minimum Gasteiger partial charge on any atom is -0.481 e. The summed E-state index contributed by atoms with van der Waals surface area (Å²) in [5, 5.41) is 17.8. The Morgan fingerprint density at radius 1 is 1.40 bits per heavy atom. The molecule has 1 aliphatic heterocycles. The molecule has 1 aromatic heterocycles. The largest absolute Gasteiger partial charge is 0.481 e. The van der Waals surface area contributed by atoms with Gasteiger partial charge in [0.05, 0.1) is 5.75 Å². The lowest BCUT2D eigenvalue weighted by Gasteiger charge is -2.29. The van der Waals surface area contributed by atoms with Crippen LogP contribution in [0.4, 0.5) is 5.95 Å². The van der Waals surface area contributed by atoms with Crippen molar-refractivity contribution in [3.05, 3.63) is 0 Å². The first kappa shape index (κ1) is 15.2. The molecule has 0 aliphatic carbocycles. The highest BCUT2D eigenvalue weighted by atomic mass is 32.2. The van der Waals surface area contributed by atoms with Crippen molar-refractivity contribution in [3.8, 4) is 0 Å². The van der Waals surface area contributed by atoms with Crippen LogP contribution in [-0.2, 0) is 11.8 Å².